The lowest BCUT2D eigenvalue weighted by Crippen LogP contribution is -2.32. The molecule has 1 fully saturated rings. The summed E-state index contributed by atoms with van der Waals surface area (Å²) < 4.78 is 6.20. The molecule has 0 amide bonds. The Morgan fingerprint density at radius 2 is 2.33 bits per heavy atom. The molecule has 2 rings (SSSR count). The third-order valence-corrected chi connectivity index (χ3v) is 3.66. The number of nitro groups is 1. The minimum Gasteiger partial charge on any atom is -0.381 e. The van der Waals surface area contributed by atoms with Crippen LogP contribution < -0.4 is 5.32 Å². The van der Waals surface area contributed by atoms with E-state index >= 15 is 0 Å². The van der Waals surface area contributed by atoms with Crippen LogP contribution in [0.15, 0.2) is 22.7 Å². The quantitative estimate of drug-likeness (QED) is 0.686. The van der Waals surface area contributed by atoms with Crippen molar-refractivity contribution in [1.29, 1.82) is 0 Å². The molecule has 5 nitrogen and oxygen atoms in total. The van der Waals surface area contributed by atoms with E-state index in [2.05, 4.69) is 28.2 Å². The van der Waals surface area contributed by atoms with Gasteiger partial charge in [0.2, 0.25) is 0 Å². The van der Waals surface area contributed by atoms with Gasteiger partial charge in [-0.25, -0.2) is 0 Å². The number of non-ortho nitro benzene ring substituents is 1. The second-order valence-electron chi connectivity index (χ2n) is 4.47. The summed E-state index contributed by atoms with van der Waals surface area (Å²) in [4.78, 5) is 10.2. The first-order valence-electron chi connectivity index (χ1n) is 5.88. The molecule has 2 unspecified atom stereocenters. The summed E-state index contributed by atoms with van der Waals surface area (Å²) in [7, 11) is 0. The van der Waals surface area contributed by atoms with Gasteiger partial charge >= 0.3 is 0 Å². The van der Waals surface area contributed by atoms with E-state index in [-0.39, 0.29) is 11.8 Å². The molecule has 18 heavy (non-hydrogen) atoms. The minimum atomic E-state index is -0.398. The summed E-state index contributed by atoms with van der Waals surface area (Å²) in [6.07, 6.45) is 2.16. The maximum Gasteiger partial charge on any atom is 0.270 e. The summed E-state index contributed by atoms with van der Waals surface area (Å²) in [5.74, 6) is 0. The summed E-state index contributed by atoms with van der Waals surface area (Å²) in [5.41, 5.74) is 0.979. The lowest BCUT2D eigenvalue weighted by atomic mass is 10.0. The van der Waals surface area contributed by atoms with Crippen LogP contribution in [0.5, 0.6) is 0 Å². The van der Waals surface area contributed by atoms with Gasteiger partial charge in [0.25, 0.3) is 5.69 Å². The number of hydrogen-bond acceptors (Lipinski definition) is 4. The zero-order chi connectivity index (χ0) is 13.1. The maximum absolute atomic E-state index is 10.6. The second-order valence-corrected chi connectivity index (χ2v) is 5.32. The predicted molar refractivity (Wildman–Crippen MR) is 72.9 cm³/mol. The predicted octanol–water partition coefficient (Wildman–Crippen LogP) is 3.34. The smallest absolute Gasteiger partial charge is 0.270 e. The Morgan fingerprint density at radius 3 is 2.94 bits per heavy atom. The molecular formula is C12H15BrN2O3. The van der Waals surface area contributed by atoms with Crippen molar-refractivity contribution in [3.05, 3.63) is 32.8 Å². The van der Waals surface area contributed by atoms with Crippen molar-refractivity contribution >= 4 is 27.3 Å². The van der Waals surface area contributed by atoms with E-state index in [0.29, 0.717) is 6.04 Å². The second kappa shape index (κ2) is 5.67. The Bertz CT molecular complexity index is 453. The zero-order valence-corrected chi connectivity index (χ0v) is 11.6. The lowest BCUT2D eigenvalue weighted by molar-refractivity contribution is -0.384. The van der Waals surface area contributed by atoms with Crippen molar-refractivity contribution in [2.45, 2.75) is 31.9 Å². The van der Waals surface area contributed by atoms with Crippen molar-refractivity contribution in [2.75, 3.05) is 11.9 Å². The highest BCUT2D eigenvalue weighted by atomic mass is 79.9. The first kappa shape index (κ1) is 13.3. The van der Waals surface area contributed by atoms with E-state index in [1.165, 1.54) is 12.1 Å². The number of ether oxygens (including phenoxy) is 1. The third-order valence-electron chi connectivity index (χ3n) is 3.01. The van der Waals surface area contributed by atoms with E-state index < -0.39 is 4.92 Å². The van der Waals surface area contributed by atoms with Crippen LogP contribution in [-0.4, -0.2) is 23.7 Å². The van der Waals surface area contributed by atoms with Gasteiger partial charge in [0.05, 0.1) is 11.0 Å². The monoisotopic (exact) mass is 314 g/mol. The Hall–Kier alpha value is -1.14. The molecule has 1 N–H and O–H groups in total. The SMILES string of the molecule is CC1CC(Nc2ccc([N+](=O)[O-])cc2Br)CCO1. The fourth-order valence-corrected chi connectivity index (χ4v) is 2.56. The van der Waals surface area contributed by atoms with E-state index in [4.69, 9.17) is 4.74 Å². The van der Waals surface area contributed by atoms with Gasteiger partial charge in [-0.2, -0.15) is 0 Å². The van der Waals surface area contributed by atoms with Gasteiger partial charge in [-0.1, -0.05) is 0 Å². The van der Waals surface area contributed by atoms with E-state index in [0.717, 1.165) is 29.6 Å². The highest BCUT2D eigenvalue weighted by Crippen LogP contribution is 2.29. The minimum absolute atomic E-state index is 0.0905. The van der Waals surface area contributed by atoms with Gasteiger partial charge in [-0.05, 0) is 41.8 Å². The molecule has 2 atom stereocenters. The number of nitro benzene ring substituents is 1. The van der Waals surface area contributed by atoms with Crippen LogP contribution in [0.25, 0.3) is 0 Å². The molecule has 6 heteroatoms. The van der Waals surface area contributed by atoms with Gasteiger partial charge in [0.15, 0.2) is 0 Å². The number of nitrogens with one attached hydrogen (secondary N) is 1. The average Bonchev–Trinajstić information content (AvgIpc) is 2.31. The molecular weight excluding hydrogens is 300 g/mol. The number of halogens is 1. The van der Waals surface area contributed by atoms with Crippen molar-refractivity contribution in [2.24, 2.45) is 0 Å². The molecule has 0 spiro atoms. The molecule has 1 aromatic carbocycles. The fourth-order valence-electron chi connectivity index (χ4n) is 2.08. The molecule has 1 aromatic rings. The largest absolute Gasteiger partial charge is 0.381 e. The molecule has 98 valence electrons. The number of hydrogen-bond donors (Lipinski definition) is 1. The van der Waals surface area contributed by atoms with Crippen molar-refractivity contribution < 1.29 is 9.66 Å². The summed E-state index contributed by atoms with van der Waals surface area (Å²) in [6.45, 7) is 2.81. The van der Waals surface area contributed by atoms with Gasteiger partial charge < -0.3 is 10.1 Å². The third kappa shape index (κ3) is 3.20. The van der Waals surface area contributed by atoms with Crippen LogP contribution in [0.4, 0.5) is 11.4 Å². The maximum atomic E-state index is 10.6. The molecule has 0 aromatic heterocycles. The van der Waals surface area contributed by atoms with E-state index in [9.17, 15) is 10.1 Å². The van der Waals surface area contributed by atoms with Gasteiger partial charge in [-0.3, -0.25) is 10.1 Å². The Kier molecular flexibility index (Phi) is 4.19. The Balaban J connectivity index is 2.07. The molecule has 0 aliphatic carbocycles. The normalized spacial score (nSPS) is 23.7. The van der Waals surface area contributed by atoms with E-state index in [1.54, 1.807) is 6.07 Å². The van der Waals surface area contributed by atoms with Crippen LogP contribution in [0.2, 0.25) is 0 Å². The van der Waals surface area contributed by atoms with Crippen LogP contribution >= 0.6 is 15.9 Å². The summed E-state index contributed by atoms with van der Waals surface area (Å²) in [5, 5.41) is 14.0. The standard InChI is InChI=1S/C12H15BrN2O3/c1-8-6-9(4-5-18-8)14-12-3-2-10(15(16)17)7-11(12)13/h2-3,7-9,14H,4-6H2,1H3. The number of benzene rings is 1. The topological polar surface area (TPSA) is 64.4 Å². The fraction of sp³-hybridized carbons (Fsp3) is 0.500. The van der Waals surface area contributed by atoms with Crippen molar-refractivity contribution in [3.8, 4) is 0 Å². The molecule has 1 aliphatic heterocycles. The number of rotatable bonds is 3. The van der Waals surface area contributed by atoms with Gasteiger partial charge in [-0.15, -0.1) is 0 Å². The number of anilines is 1. The highest BCUT2D eigenvalue weighted by Gasteiger charge is 2.20. The first-order chi connectivity index (χ1) is 8.56. The van der Waals surface area contributed by atoms with Crippen LogP contribution in [-0.2, 0) is 4.74 Å². The van der Waals surface area contributed by atoms with Crippen LogP contribution in [0.1, 0.15) is 19.8 Å². The van der Waals surface area contributed by atoms with Crippen molar-refractivity contribution in [3.63, 3.8) is 0 Å². The Labute approximate surface area is 114 Å². The average molecular weight is 315 g/mol. The molecule has 0 radical (unpaired) electrons. The van der Waals surface area contributed by atoms with Gasteiger partial charge in [0, 0.05) is 34.9 Å². The van der Waals surface area contributed by atoms with Crippen LogP contribution in [0, 0.1) is 10.1 Å². The summed E-state index contributed by atoms with van der Waals surface area (Å²) in [6, 6.07) is 5.12. The van der Waals surface area contributed by atoms with Crippen molar-refractivity contribution in [1.82, 2.24) is 0 Å². The molecule has 1 saturated heterocycles. The first-order valence-corrected chi connectivity index (χ1v) is 6.67. The molecule has 1 heterocycles. The highest BCUT2D eigenvalue weighted by molar-refractivity contribution is 9.10. The molecule has 0 saturated carbocycles. The zero-order valence-electron chi connectivity index (χ0n) is 10.1. The van der Waals surface area contributed by atoms with E-state index in [1.807, 2.05) is 0 Å². The lowest BCUT2D eigenvalue weighted by Gasteiger charge is -2.29. The Morgan fingerprint density at radius 1 is 1.56 bits per heavy atom. The number of nitrogens with zero attached hydrogens (tertiary/aromatic N) is 1. The molecule has 1 aliphatic rings. The van der Waals surface area contributed by atoms with Gasteiger partial charge in [0.1, 0.15) is 0 Å². The molecule has 0 bridgehead atoms. The van der Waals surface area contributed by atoms with Crippen LogP contribution in [0.3, 0.4) is 0 Å². The summed E-state index contributed by atoms with van der Waals surface area (Å²) >= 11 is 3.36.